The molecule has 1 unspecified atom stereocenters. The number of anilines is 1. The highest BCUT2D eigenvalue weighted by Gasteiger charge is 2.33. The van der Waals surface area contributed by atoms with E-state index in [4.69, 9.17) is 0 Å². The maximum Gasteiger partial charge on any atom is 0.260 e. The van der Waals surface area contributed by atoms with Crippen LogP contribution in [0, 0.1) is 0 Å². The Morgan fingerprint density at radius 2 is 2.27 bits per heavy atom. The minimum Gasteiger partial charge on any atom is -0.378 e. The highest BCUT2D eigenvalue weighted by atomic mass is 32.2. The second kappa shape index (κ2) is 3.87. The van der Waals surface area contributed by atoms with Gasteiger partial charge < -0.3 is 10.0 Å². The summed E-state index contributed by atoms with van der Waals surface area (Å²) < 4.78 is 0. The van der Waals surface area contributed by atoms with Gasteiger partial charge in [-0.3, -0.25) is 4.79 Å². The summed E-state index contributed by atoms with van der Waals surface area (Å²) in [5.74, 6) is 0.752. The molecule has 80 valence electrons. The van der Waals surface area contributed by atoms with Crippen molar-refractivity contribution < 1.29 is 9.90 Å². The monoisotopic (exact) mass is 223 g/mol. The maximum absolute atomic E-state index is 11.5. The van der Waals surface area contributed by atoms with Crippen LogP contribution in [0.5, 0.6) is 0 Å². The zero-order chi connectivity index (χ0) is 11.0. The van der Waals surface area contributed by atoms with Gasteiger partial charge in [0.2, 0.25) is 0 Å². The first kappa shape index (κ1) is 10.5. The molecule has 1 atom stereocenters. The van der Waals surface area contributed by atoms with Crippen molar-refractivity contribution in [3.8, 4) is 0 Å². The second-order valence-corrected chi connectivity index (χ2v) is 4.79. The maximum atomic E-state index is 11.5. The molecule has 1 aliphatic heterocycles. The number of benzene rings is 1. The van der Waals surface area contributed by atoms with E-state index in [1.807, 2.05) is 18.2 Å². The van der Waals surface area contributed by atoms with Gasteiger partial charge in [0.15, 0.2) is 6.10 Å². The first-order chi connectivity index (χ1) is 7.15. The molecule has 4 heteroatoms. The number of amides is 1. The number of carbonyl (C=O) groups is 1. The van der Waals surface area contributed by atoms with Crippen LogP contribution in [-0.4, -0.2) is 23.8 Å². The quantitative estimate of drug-likeness (QED) is 0.777. The summed E-state index contributed by atoms with van der Waals surface area (Å²) in [7, 11) is 1.69. The Hall–Kier alpha value is -1.00. The van der Waals surface area contributed by atoms with Crippen molar-refractivity contribution in [1.29, 1.82) is 0 Å². The molecule has 1 heterocycles. The predicted molar refractivity (Wildman–Crippen MR) is 61.2 cm³/mol. The molecule has 1 N–H and O–H groups in total. The van der Waals surface area contributed by atoms with Gasteiger partial charge in [0.05, 0.1) is 5.69 Å². The SMILES string of the molecule is CCSc1ccc2c(c1)N(C)C(=O)C2O. The van der Waals surface area contributed by atoms with E-state index in [9.17, 15) is 9.90 Å². The Kier molecular flexibility index (Phi) is 2.71. The molecule has 1 aromatic rings. The lowest BCUT2D eigenvalue weighted by molar-refractivity contribution is -0.125. The van der Waals surface area contributed by atoms with Gasteiger partial charge in [0.1, 0.15) is 0 Å². The van der Waals surface area contributed by atoms with Gasteiger partial charge in [0, 0.05) is 17.5 Å². The molecule has 0 fully saturated rings. The minimum atomic E-state index is -0.981. The number of hydrogen-bond acceptors (Lipinski definition) is 3. The number of nitrogens with zero attached hydrogens (tertiary/aromatic N) is 1. The molecule has 0 radical (unpaired) electrons. The van der Waals surface area contributed by atoms with E-state index in [-0.39, 0.29) is 5.91 Å². The summed E-state index contributed by atoms with van der Waals surface area (Å²) in [6.45, 7) is 2.08. The zero-order valence-electron chi connectivity index (χ0n) is 8.73. The molecule has 0 spiro atoms. The summed E-state index contributed by atoms with van der Waals surface area (Å²) in [4.78, 5) is 14.1. The largest absolute Gasteiger partial charge is 0.378 e. The standard InChI is InChI=1S/C11H13NO2S/c1-3-15-7-4-5-8-9(6-7)12(2)11(14)10(8)13/h4-6,10,13H,3H2,1-2H3. The highest BCUT2D eigenvalue weighted by Crippen LogP contribution is 2.37. The highest BCUT2D eigenvalue weighted by molar-refractivity contribution is 7.99. The van der Waals surface area contributed by atoms with Crippen LogP contribution in [-0.2, 0) is 4.79 Å². The molecule has 0 aliphatic carbocycles. The number of aliphatic hydroxyl groups is 1. The molecule has 3 nitrogen and oxygen atoms in total. The number of likely N-dealkylation sites (N-methyl/N-ethyl adjacent to an activating group) is 1. The van der Waals surface area contributed by atoms with Crippen LogP contribution in [0.1, 0.15) is 18.6 Å². The summed E-state index contributed by atoms with van der Waals surface area (Å²) in [6.07, 6.45) is -0.981. The number of thioether (sulfide) groups is 1. The van der Waals surface area contributed by atoms with Crippen LogP contribution in [0.4, 0.5) is 5.69 Å². The number of hydrogen-bond donors (Lipinski definition) is 1. The van der Waals surface area contributed by atoms with Gasteiger partial charge in [-0.05, 0) is 17.9 Å². The molecular weight excluding hydrogens is 210 g/mol. The van der Waals surface area contributed by atoms with Crippen LogP contribution in [0.3, 0.4) is 0 Å². The van der Waals surface area contributed by atoms with Crippen LogP contribution in [0.15, 0.2) is 23.1 Å². The Balaban J connectivity index is 2.42. The van der Waals surface area contributed by atoms with E-state index in [1.54, 1.807) is 18.8 Å². The molecule has 15 heavy (non-hydrogen) atoms. The van der Waals surface area contributed by atoms with Crippen molar-refractivity contribution in [3.05, 3.63) is 23.8 Å². The van der Waals surface area contributed by atoms with E-state index in [0.717, 1.165) is 16.3 Å². The normalized spacial score (nSPS) is 19.5. The van der Waals surface area contributed by atoms with Crippen LogP contribution >= 0.6 is 11.8 Å². The zero-order valence-corrected chi connectivity index (χ0v) is 9.54. The molecule has 0 aromatic heterocycles. The summed E-state index contributed by atoms with van der Waals surface area (Å²) >= 11 is 1.73. The topological polar surface area (TPSA) is 40.5 Å². The first-order valence-electron chi connectivity index (χ1n) is 4.87. The lowest BCUT2D eigenvalue weighted by Gasteiger charge is -2.10. The minimum absolute atomic E-state index is 0.247. The molecule has 1 aromatic carbocycles. The van der Waals surface area contributed by atoms with E-state index in [2.05, 4.69) is 6.92 Å². The molecule has 1 aliphatic rings. The Labute approximate surface area is 93.1 Å². The van der Waals surface area contributed by atoms with Crippen LogP contribution < -0.4 is 4.90 Å². The van der Waals surface area contributed by atoms with Gasteiger partial charge in [0.25, 0.3) is 5.91 Å². The Morgan fingerprint density at radius 1 is 1.53 bits per heavy atom. The van der Waals surface area contributed by atoms with Gasteiger partial charge in [-0.25, -0.2) is 0 Å². The Morgan fingerprint density at radius 3 is 2.93 bits per heavy atom. The van der Waals surface area contributed by atoms with E-state index in [0.29, 0.717) is 5.56 Å². The van der Waals surface area contributed by atoms with Gasteiger partial charge in [-0.2, -0.15) is 0 Å². The fourth-order valence-corrected chi connectivity index (χ4v) is 2.43. The van der Waals surface area contributed by atoms with Crippen molar-refractivity contribution in [2.45, 2.75) is 17.9 Å². The predicted octanol–water partition coefficient (Wildman–Crippen LogP) is 1.81. The third kappa shape index (κ3) is 1.64. The molecular formula is C11H13NO2S. The summed E-state index contributed by atoms with van der Waals surface area (Å²) in [5, 5.41) is 9.64. The van der Waals surface area contributed by atoms with Crippen molar-refractivity contribution in [2.75, 3.05) is 17.7 Å². The summed E-state index contributed by atoms with van der Waals surface area (Å²) in [6, 6.07) is 5.74. The fraction of sp³-hybridized carbons (Fsp3) is 0.364. The second-order valence-electron chi connectivity index (χ2n) is 3.45. The average molecular weight is 223 g/mol. The third-order valence-electron chi connectivity index (χ3n) is 2.53. The fourth-order valence-electron chi connectivity index (χ4n) is 1.74. The summed E-state index contributed by atoms with van der Waals surface area (Å²) in [5.41, 5.74) is 1.54. The van der Waals surface area contributed by atoms with E-state index < -0.39 is 6.10 Å². The van der Waals surface area contributed by atoms with Crippen molar-refractivity contribution >= 4 is 23.4 Å². The molecule has 1 amide bonds. The van der Waals surface area contributed by atoms with Gasteiger partial charge >= 0.3 is 0 Å². The van der Waals surface area contributed by atoms with Crippen molar-refractivity contribution in [2.24, 2.45) is 0 Å². The molecule has 2 rings (SSSR count). The number of rotatable bonds is 2. The third-order valence-corrected chi connectivity index (χ3v) is 3.41. The van der Waals surface area contributed by atoms with Crippen LogP contribution in [0.25, 0.3) is 0 Å². The number of fused-ring (bicyclic) bond motifs is 1. The number of aliphatic hydroxyl groups excluding tert-OH is 1. The van der Waals surface area contributed by atoms with E-state index >= 15 is 0 Å². The molecule has 0 saturated heterocycles. The van der Waals surface area contributed by atoms with Gasteiger partial charge in [-0.1, -0.05) is 13.0 Å². The average Bonchev–Trinajstić information content (AvgIpc) is 2.45. The lowest BCUT2D eigenvalue weighted by Crippen LogP contribution is -2.23. The van der Waals surface area contributed by atoms with Crippen molar-refractivity contribution in [1.82, 2.24) is 0 Å². The molecule has 0 saturated carbocycles. The van der Waals surface area contributed by atoms with Gasteiger partial charge in [-0.15, -0.1) is 11.8 Å². The van der Waals surface area contributed by atoms with Crippen molar-refractivity contribution in [3.63, 3.8) is 0 Å². The van der Waals surface area contributed by atoms with Crippen LogP contribution in [0.2, 0.25) is 0 Å². The Bertz CT molecular complexity index is 406. The van der Waals surface area contributed by atoms with E-state index in [1.165, 1.54) is 4.90 Å². The smallest absolute Gasteiger partial charge is 0.260 e. The molecule has 0 bridgehead atoms. The number of carbonyl (C=O) groups excluding carboxylic acids is 1. The lowest BCUT2D eigenvalue weighted by atomic mass is 10.1. The first-order valence-corrected chi connectivity index (χ1v) is 5.86.